The zero-order chi connectivity index (χ0) is 10.2. The van der Waals surface area contributed by atoms with Gasteiger partial charge in [0.25, 0.3) is 0 Å². The summed E-state index contributed by atoms with van der Waals surface area (Å²) in [5.41, 5.74) is 1.54. The van der Waals surface area contributed by atoms with E-state index < -0.39 is 10.0 Å². The van der Waals surface area contributed by atoms with E-state index in [0.717, 1.165) is 11.8 Å². The molecule has 6 heteroatoms. The molecule has 0 fully saturated rings. The Hall–Kier alpha value is -1.20. The van der Waals surface area contributed by atoms with E-state index in [1.165, 1.54) is 0 Å². The van der Waals surface area contributed by atoms with E-state index in [0.29, 0.717) is 5.69 Å². The van der Waals surface area contributed by atoms with Gasteiger partial charge in [-0.2, -0.15) is 0 Å². The summed E-state index contributed by atoms with van der Waals surface area (Å²) in [4.78, 5) is 0. The highest BCUT2D eigenvalue weighted by Crippen LogP contribution is 2.13. The Morgan fingerprint density at radius 1 is 1.27 bits per heavy atom. The molecule has 0 amide bonds. The predicted octanol–water partition coefficient (Wildman–Crippen LogP) is 1.73. The van der Waals surface area contributed by atoms with Crippen LogP contribution < -0.4 is 4.72 Å². The molecular formula is C9H11ClN2O2S. The topological polar surface area (TPSA) is 50.6 Å². The monoisotopic (exact) mass is 246 g/mol. The second kappa shape index (κ2) is 4.12. The van der Waals surface area contributed by atoms with Crippen molar-refractivity contribution < 1.29 is 8.42 Å². The Labute approximate surface area is 94.4 Å². The summed E-state index contributed by atoms with van der Waals surface area (Å²) < 4.78 is 26.2. The highest BCUT2D eigenvalue weighted by molar-refractivity contribution is 7.92. The first-order valence-electron chi connectivity index (χ1n) is 4.09. The highest BCUT2D eigenvalue weighted by Gasteiger charge is 2.01. The SMILES string of the molecule is CS(=O)(=O)Nc1ccn2cccc2c1.Cl. The van der Waals surface area contributed by atoms with Crippen LogP contribution in [0.5, 0.6) is 0 Å². The van der Waals surface area contributed by atoms with Gasteiger partial charge in [-0.3, -0.25) is 4.72 Å². The van der Waals surface area contributed by atoms with Gasteiger partial charge in [0.1, 0.15) is 0 Å². The van der Waals surface area contributed by atoms with Crippen molar-refractivity contribution >= 4 is 33.6 Å². The van der Waals surface area contributed by atoms with Crippen molar-refractivity contribution in [3.63, 3.8) is 0 Å². The maximum absolute atomic E-state index is 11.0. The average Bonchev–Trinajstić information content (AvgIpc) is 2.47. The first-order chi connectivity index (χ1) is 6.54. The number of pyridine rings is 1. The lowest BCUT2D eigenvalue weighted by Gasteiger charge is -2.03. The van der Waals surface area contributed by atoms with Crippen LogP contribution in [0.2, 0.25) is 0 Å². The molecule has 0 saturated heterocycles. The molecule has 0 radical (unpaired) electrons. The van der Waals surface area contributed by atoms with Gasteiger partial charge in [0.15, 0.2) is 0 Å². The molecule has 0 bridgehead atoms. The van der Waals surface area contributed by atoms with Crippen molar-refractivity contribution in [3.8, 4) is 0 Å². The molecule has 2 rings (SSSR count). The van der Waals surface area contributed by atoms with Crippen LogP contribution >= 0.6 is 12.4 Å². The number of rotatable bonds is 2. The van der Waals surface area contributed by atoms with Gasteiger partial charge < -0.3 is 4.40 Å². The minimum atomic E-state index is -3.19. The van der Waals surface area contributed by atoms with Crippen LogP contribution in [0.4, 0.5) is 5.69 Å². The van der Waals surface area contributed by atoms with Crippen LogP contribution in [0.15, 0.2) is 36.7 Å². The molecule has 4 nitrogen and oxygen atoms in total. The van der Waals surface area contributed by atoms with Gasteiger partial charge in [0.2, 0.25) is 10.0 Å². The van der Waals surface area contributed by atoms with Crippen molar-refractivity contribution in [3.05, 3.63) is 36.7 Å². The fraction of sp³-hybridized carbons (Fsp3) is 0.111. The number of nitrogens with one attached hydrogen (secondary N) is 1. The Morgan fingerprint density at radius 2 is 2.00 bits per heavy atom. The molecule has 15 heavy (non-hydrogen) atoms. The van der Waals surface area contributed by atoms with Gasteiger partial charge in [-0.05, 0) is 24.3 Å². The molecule has 0 aliphatic carbocycles. The third-order valence-electron chi connectivity index (χ3n) is 1.83. The third-order valence-corrected chi connectivity index (χ3v) is 2.44. The summed E-state index contributed by atoms with van der Waals surface area (Å²) in [5, 5.41) is 0. The number of halogens is 1. The van der Waals surface area contributed by atoms with Crippen molar-refractivity contribution in [1.82, 2.24) is 4.40 Å². The van der Waals surface area contributed by atoms with Crippen molar-refractivity contribution in [2.24, 2.45) is 0 Å². The number of nitrogens with zero attached hydrogens (tertiary/aromatic N) is 1. The van der Waals surface area contributed by atoms with E-state index >= 15 is 0 Å². The number of sulfonamides is 1. The molecule has 0 aromatic carbocycles. The van der Waals surface area contributed by atoms with Crippen LogP contribution in [0.3, 0.4) is 0 Å². The lowest BCUT2D eigenvalue weighted by Crippen LogP contribution is -2.09. The van der Waals surface area contributed by atoms with Crippen molar-refractivity contribution in [1.29, 1.82) is 0 Å². The van der Waals surface area contributed by atoms with Crippen molar-refractivity contribution in [2.45, 2.75) is 0 Å². The molecular weight excluding hydrogens is 236 g/mol. The standard InChI is InChI=1S/C9H10N2O2S.ClH/c1-14(12,13)10-8-4-6-11-5-2-3-9(11)7-8;/h2-7,10H,1H3;1H. The molecule has 0 unspecified atom stereocenters. The van der Waals surface area contributed by atoms with Gasteiger partial charge in [-0.15, -0.1) is 12.4 Å². The molecule has 0 spiro atoms. The summed E-state index contributed by atoms with van der Waals surface area (Å²) in [7, 11) is -3.19. The minimum Gasteiger partial charge on any atom is -0.324 e. The second-order valence-corrected chi connectivity index (χ2v) is 4.88. The lowest BCUT2D eigenvalue weighted by molar-refractivity contribution is 0.607. The van der Waals surface area contributed by atoms with Crippen molar-refractivity contribution in [2.75, 3.05) is 11.0 Å². The van der Waals surface area contributed by atoms with Crippen LogP contribution in [-0.4, -0.2) is 19.1 Å². The summed E-state index contributed by atoms with van der Waals surface area (Å²) in [6.45, 7) is 0. The van der Waals surface area contributed by atoms with E-state index in [-0.39, 0.29) is 12.4 Å². The number of aromatic nitrogens is 1. The van der Waals surface area contributed by atoms with Crippen LogP contribution in [0, 0.1) is 0 Å². The summed E-state index contributed by atoms with van der Waals surface area (Å²) in [6, 6.07) is 7.31. The minimum absolute atomic E-state index is 0. The normalized spacial score (nSPS) is 11.0. The van der Waals surface area contributed by atoms with Gasteiger partial charge in [-0.1, -0.05) is 0 Å². The van der Waals surface area contributed by atoms with Gasteiger partial charge in [0, 0.05) is 17.9 Å². The number of anilines is 1. The molecule has 2 aromatic rings. The third kappa shape index (κ3) is 2.87. The summed E-state index contributed by atoms with van der Waals surface area (Å²) in [6.07, 6.45) is 4.84. The molecule has 0 atom stereocenters. The number of hydrogen-bond donors (Lipinski definition) is 1. The maximum Gasteiger partial charge on any atom is 0.229 e. The molecule has 82 valence electrons. The molecule has 1 N–H and O–H groups in total. The largest absolute Gasteiger partial charge is 0.324 e. The van der Waals surface area contributed by atoms with E-state index in [1.54, 1.807) is 12.1 Å². The highest BCUT2D eigenvalue weighted by atomic mass is 35.5. The van der Waals surface area contributed by atoms with Gasteiger partial charge >= 0.3 is 0 Å². The van der Waals surface area contributed by atoms with Crippen LogP contribution in [0.1, 0.15) is 0 Å². The van der Waals surface area contributed by atoms with E-state index in [4.69, 9.17) is 0 Å². The quantitative estimate of drug-likeness (QED) is 0.878. The average molecular weight is 247 g/mol. The Bertz CT molecular complexity index is 562. The van der Waals surface area contributed by atoms with Crippen LogP contribution in [0.25, 0.3) is 5.52 Å². The fourth-order valence-electron chi connectivity index (χ4n) is 1.31. The Morgan fingerprint density at radius 3 is 2.67 bits per heavy atom. The molecule has 2 heterocycles. The van der Waals surface area contributed by atoms with Gasteiger partial charge in [0.05, 0.1) is 11.9 Å². The maximum atomic E-state index is 11.0. The lowest BCUT2D eigenvalue weighted by atomic mass is 10.4. The van der Waals surface area contributed by atoms with E-state index in [2.05, 4.69) is 4.72 Å². The molecule has 0 aliphatic rings. The van der Waals surface area contributed by atoms with Crippen LogP contribution in [-0.2, 0) is 10.0 Å². The van der Waals surface area contributed by atoms with E-state index in [1.807, 2.05) is 28.9 Å². The fourth-order valence-corrected chi connectivity index (χ4v) is 1.87. The summed E-state index contributed by atoms with van der Waals surface area (Å²) in [5.74, 6) is 0. The zero-order valence-corrected chi connectivity index (χ0v) is 9.68. The molecule has 0 saturated carbocycles. The number of hydrogen-bond acceptors (Lipinski definition) is 2. The first-order valence-corrected chi connectivity index (χ1v) is 5.98. The van der Waals surface area contributed by atoms with E-state index in [9.17, 15) is 8.42 Å². The van der Waals surface area contributed by atoms with Gasteiger partial charge in [-0.25, -0.2) is 8.42 Å². The molecule has 2 aromatic heterocycles. The number of fused-ring (bicyclic) bond motifs is 1. The summed E-state index contributed by atoms with van der Waals surface area (Å²) >= 11 is 0. The Kier molecular flexibility index (Phi) is 3.26. The molecule has 0 aliphatic heterocycles. The zero-order valence-electron chi connectivity index (χ0n) is 8.04. The Balaban J connectivity index is 0.00000112. The smallest absolute Gasteiger partial charge is 0.229 e. The first kappa shape index (κ1) is 11.9. The predicted molar refractivity (Wildman–Crippen MR) is 63.1 cm³/mol. The second-order valence-electron chi connectivity index (χ2n) is 3.13.